The van der Waals surface area contributed by atoms with Crippen LogP contribution in [0.3, 0.4) is 0 Å². The zero-order valence-corrected chi connectivity index (χ0v) is 11.0. The highest BCUT2D eigenvalue weighted by atomic mass is 32.2. The number of nitrogens with one attached hydrogen (secondary N) is 1. The van der Waals surface area contributed by atoms with Gasteiger partial charge in [0, 0.05) is 42.6 Å². The van der Waals surface area contributed by atoms with Gasteiger partial charge in [-0.2, -0.15) is 0 Å². The lowest BCUT2D eigenvalue weighted by atomic mass is 10.2. The number of nitrogens with two attached hydrogens (primary N) is 1. The second-order valence-electron chi connectivity index (χ2n) is 3.95. The molecule has 0 saturated heterocycles. The highest BCUT2D eigenvalue weighted by Gasteiger charge is 2.11. The molecule has 94 valence electrons. The minimum absolute atomic E-state index is 0.0451. The molecule has 1 aromatic carbocycles. The maximum Gasteiger partial charge on any atom is 0.253 e. The third kappa shape index (κ3) is 2.65. The van der Waals surface area contributed by atoms with Crippen LogP contribution in [0.2, 0.25) is 0 Å². The van der Waals surface area contributed by atoms with Gasteiger partial charge in [0.05, 0.1) is 0 Å². The van der Waals surface area contributed by atoms with Crippen molar-refractivity contribution in [1.29, 1.82) is 0 Å². The van der Waals surface area contributed by atoms with Crippen LogP contribution in [0.15, 0.2) is 40.6 Å². The monoisotopic (exact) mass is 262 g/mol. The van der Waals surface area contributed by atoms with E-state index in [4.69, 9.17) is 5.73 Å². The molecule has 6 heteroatoms. The van der Waals surface area contributed by atoms with Gasteiger partial charge in [-0.15, -0.1) is 0 Å². The summed E-state index contributed by atoms with van der Waals surface area (Å²) in [5, 5.41) is 0.746. The van der Waals surface area contributed by atoms with Crippen LogP contribution in [0.25, 0.3) is 0 Å². The number of nitrogen functional groups attached to an aromatic ring is 1. The molecule has 0 radical (unpaired) electrons. The van der Waals surface area contributed by atoms with E-state index in [1.807, 2.05) is 0 Å². The number of amides is 1. The largest absolute Gasteiger partial charge is 0.398 e. The average molecular weight is 262 g/mol. The Hall–Kier alpha value is -1.95. The standard InChI is InChI=1S/C12H14N4OS/c1-16(2)11(17)8-3-4-9(13)10(7-8)18-12-14-5-6-15-12/h3-7H,13H2,1-2H3,(H,14,15). The Morgan fingerprint density at radius 1 is 1.44 bits per heavy atom. The summed E-state index contributed by atoms with van der Waals surface area (Å²) in [5.74, 6) is -0.0451. The first-order valence-corrected chi connectivity index (χ1v) is 6.18. The molecule has 0 unspecified atom stereocenters. The van der Waals surface area contributed by atoms with Crippen LogP contribution in [-0.2, 0) is 0 Å². The molecule has 0 aliphatic carbocycles. The third-order valence-electron chi connectivity index (χ3n) is 2.35. The fourth-order valence-corrected chi connectivity index (χ4v) is 2.25. The van der Waals surface area contributed by atoms with E-state index in [2.05, 4.69) is 9.97 Å². The number of carbonyl (C=O) groups is 1. The molecule has 2 rings (SSSR count). The predicted octanol–water partition coefficient (Wildman–Crippen LogP) is 1.84. The highest BCUT2D eigenvalue weighted by molar-refractivity contribution is 7.99. The van der Waals surface area contributed by atoms with Crippen molar-refractivity contribution in [3.05, 3.63) is 36.2 Å². The average Bonchev–Trinajstić information content (AvgIpc) is 2.84. The van der Waals surface area contributed by atoms with Crippen LogP contribution in [-0.4, -0.2) is 34.9 Å². The molecule has 3 N–H and O–H groups in total. The first-order chi connectivity index (χ1) is 8.58. The summed E-state index contributed by atoms with van der Waals surface area (Å²) in [6, 6.07) is 5.25. The van der Waals surface area contributed by atoms with Crippen LogP contribution in [0, 0.1) is 0 Å². The number of nitrogens with zero attached hydrogens (tertiary/aromatic N) is 2. The maximum absolute atomic E-state index is 11.9. The van der Waals surface area contributed by atoms with Crippen molar-refractivity contribution in [2.45, 2.75) is 10.1 Å². The second kappa shape index (κ2) is 5.14. The number of hydrogen-bond donors (Lipinski definition) is 2. The second-order valence-corrected chi connectivity index (χ2v) is 4.98. The smallest absolute Gasteiger partial charge is 0.253 e. The molecule has 0 bridgehead atoms. The van der Waals surface area contributed by atoms with Gasteiger partial charge in [0.2, 0.25) is 0 Å². The number of carbonyl (C=O) groups excluding carboxylic acids is 1. The van der Waals surface area contributed by atoms with E-state index in [1.54, 1.807) is 44.7 Å². The van der Waals surface area contributed by atoms with Gasteiger partial charge < -0.3 is 15.6 Å². The number of imidazole rings is 1. The lowest BCUT2D eigenvalue weighted by Gasteiger charge is -2.12. The van der Waals surface area contributed by atoms with Crippen molar-refractivity contribution in [3.8, 4) is 0 Å². The molecule has 1 heterocycles. The number of benzene rings is 1. The van der Waals surface area contributed by atoms with Gasteiger partial charge in [-0.05, 0) is 30.0 Å². The molecule has 5 nitrogen and oxygen atoms in total. The normalized spacial score (nSPS) is 10.3. The predicted molar refractivity (Wildman–Crippen MR) is 71.6 cm³/mol. The summed E-state index contributed by atoms with van der Waals surface area (Å²) in [7, 11) is 3.44. The van der Waals surface area contributed by atoms with Crippen LogP contribution >= 0.6 is 11.8 Å². The first-order valence-electron chi connectivity index (χ1n) is 5.36. The summed E-state index contributed by atoms with van der Waals surface area (Å²) in [5.41, 5.74) is 7.14. The minimum Gasteiger partial charge on any atom is -0.398 e. The Labute approximate surface area is 109 Å². The van der Waals surface area contributed by atoms with Gasteiger partial charge in [0.1, 0.15) is 0 Å². The highest BCUT2D eigenvalue weighted by Crippen LogP contribution is 2.30. The van der Waals surface area contributed by atoms with E-state index in [0.29, 0.717) is 11.3 Å². The van der Waals surface area contributed by atoms with Gasteiger partial charge in [-0.3, -0.25) is 4.79 Å². The van der Waals surface area contributed by atoms with Gasteiger partial charge in [-0.25, -0.2) is 4.98 Å². The van der Waals surface area contributed by atoms with E-state index < -0.39 is 0 Å². The Balaban J connectivity index is 2.30. The van der Waals surface area contributed by atoms with E-state index in [1.165, 1.54) is 16.7 Å². The molecule has 0 fully saturated rings. The Kier molecular flexibility index (Phi) is 3.57. The van der Waals surface area contributed by atoms with Crippen molar-refractivity contribution in [2.75, 3.05) is 19.8 Å². The molecule has 1 amide bonds. The molecular weight excluding hydrogens is 248 g/mol. The SMILES string of the molecule is CN(C)C(=O)c1ccc(N)c(Sc2ncc[nH]2)c1. The summed E-state index contributed by atoms with van der Waals surface area (Å²) in [6.07, 6.45) is 3.42. The molecular formula is C12H14N4OS. The Morgan fingerprint density at radius 3 is 2.83 bits per heavy atom. The number of aromatic amines is 1. The summed E-state index contributed by atoms with van der Waals surface area (Å²) < 4.78 is 0. The van der Waals surface area contributed by atoms with Crippen molar-refractivity contribution in [3.63, 3.8) is 0 Å². The number of hydrogen-bond acceptors (Lipinski definition) is 4. The fourth-order valence-electron chi connectivity index (χ4n) is 1.42. The Bertz CT molecular complexity index is 551. The van der Waals surface area contributed by atoms with E-state index in [-0.39, 0.29) is 5.91 Å². The van der Waals surface area contributed by atoms with Gasteiger partial charge in [-0.1, -0.05) is 0 Å². The molecule has 18 heavy (non-hydrogen) atoms. The molecule has 0 aliphatic rings. The van der Waals surface area contributed by atoms with Crippen LogP contribution in [0.5, 0.6) is 0 Å². The minimum atomic E-state index is -0.0451. The molecule has 1 aromatic heterocycles. The van der Waals surface area contributed by atoms with Crippen molar-refractivity contribution < 1.29 is 4.79 Å². The Morgan fingerprint density at radius 2 is 2.22 bits per heavy atom. The van der Waals surface area contributed by atoms with E-state index >= 15 is 0 Å². The zero-order chi connectivity index (χ0) is 13.1. The van der Waals surface area contributed by atoms with Crippen molar-refractivity contribution >= 4 is 23.4 Å². The van der Waals surface area contributed by atoms with E-state index in [9.17, 15) is 4.79 Å². The fraction of sp³-hybridized carbons (Fsp3) is 0.167. The van der Waals surface area contributed by atoms with Crippen molar-refractivity contribution in [1.82, 2.24) is 14.9 Å². The summed E-state index contributed by atoms with van der Waals surface area (Å²) in [4.78, 5) is 21.3. The molecule has 2 aromatic rings. The molecule has 0 atom stereocenters. The van der Waals surface area contributed by atoms with E-state index in [0.717, 1.165) is 10.1 Å². The number of H-pyrrole nitrogens is 1. The lowest BCUT2D eigenvalue weighted by molar-refractivity contribution is 0.0827. The molecule has 0 saturated carbocycles. The van der Waals surface area contributed by atoms with Crippen LogP contribution in [0.4, 0.5) is 5.69 Å². The van der Waals surface area contributed by atoms with Crippen LogP contribution in [0.1, 0.15) is 10.4 Å². The van der Waals surface area contributed by atoms with Gasteiger partial charge in [0.25, 0.3) is 5.91 Å². The topological polar surface area (TPSA) is 75.0 Å². The summed E-state index contributed by atoms with van der Waals surface area (Å²) in [6.45, 7) is 0. The van der Waals surface area contributed by atoms with Crippen LogP contribution < -0.4 is 5.73 Å². The first kappa shape index (κ1) is 12.5. The third-order valence-corrected chi connectivity index (χ3v) is 3.34. The number of aromatic nitrogens is 2. The maximum atomic E-state index is 11.9. The quantitative estimate of drug-likeness (QED) is 0.828. The van der Waals surface area contributed by atoms with Gasteiger partial charge in [0.15, 0.2) is 5.16 Å². The molecule has 0 spiro atoms. The lowest BCUT2D eigenvalue weighted by Crippen LogP contribution is -2.21. The van der Waals surface area contributed by atoms with Gasteiger partial charge >= 0.3 is 0 Å². The summed E-state index contributed by atoms with van der Waals surface area (Å²) >= 11 is 1.40. The number of rotatable bonds is 3. The zero-order valence-electron chi connectivity index (χ0n) is 10.2. The molecule has 0 aliphatic heterocycles. The van der Waals surface area contributed by atoms with Crippen molar-refractivity contribution in [2.24, 2.45) is 0 Å². The number of anilines is 1.